The van der Waals surface area contributed by atoms with Crippen molar-refractivity contribution in [3.63, 3.8) is 0 Å². The minimum atomic E-state index is 0.470. The average Bonchev–Trinajstić information content (AvgIpc) is 2.71. The van der Waals surface area contributed by atoms with E-state index in [2.05, 4.69) is 53.5 Å². The zero-order valence-corrected chi connectivity index (χ0v) is 11.9. The smallest absolute Gasteiger partial charge is 0.201 e. The molecule has 0 radical (unpaired) electrons. The first-order chi connectivity index (χ1) is 9.08. The maximum absolute atomic E-state index is 6.17. The molecule has 0 saturated carbocycles. The highest BCUT2D eigenvalue weighted by atomic mass is 15.2. The van der Waals surface area contributed by atoms with E-state index < -0.39 is 0 Å². The Morgan fingerprint density at radius 1 is 1.37 bits per heavy atom. The second-order valence-corrected chi connectivity index (χ2v) is 5.79. The van der Waals surface area contributed by atoms with Crippen molar-refractivity contribution in [2.75, 3.05) is 19.3 Å². The van der Waals surface area contributed by atoms with Crippen LogP contribution in [0.3, 0.4) is 0 Å². The van der Waals surface area contributed by atoms with E-state index in [-0.39, 0.29) is 0 Å². The zero-order chi connectivity index (χ0) is 13.6. The van der Waals surface area contributed by atoms with Crippen LogP contribution < -0.4 is 5.73 Å². The third-order valence-electron chi connectivity index (χ3n) is 4.49. The highest BCUT2D eigenvalue weighted by Crippen LogP contribution is 2.32. The molecule has 2 N–H and O–H groups in total. The molecule has 1 aromatic carbocycles. The maximum atomic E-state index is 6.17. The normalized spacial score (nSPS) is 25.0. The van der Waals surface area contributed by atoms with E-state index in [1.54, 1.807) is 0 Å². The van der Waals surface area contributed by atoms with Gasteiger partial charge < -0.3 is 15.2 Å². The molecule has 1 aromatic heterocycles. The van der Waals surface area contributed by atoms with Crippen molar-refractivity contribution in [1.82, 2.24) is 14.5 Å². The first-order valence-corrected chi connectivity index (χ1v) is 7.01. The highest BCUT2D eigenvalue weighted by molar-refractivity contribution is 5.81. The molecule has 1 aliphatic heterocycles. The third kappa shape index (κ3) is 2.00. The number of likely N-dealkylation sites (tertiary alicyclic amines) is 1. The summed E-state index contributed by atoms with van der Waals surface area (Å²) in [5.41, 5.74) is 9.60. The highest BCUT2D eigenvalue weighted by Gasteiger charge is 2.26. The lowest BCUT2D eigenvalue weighted by molar-refractivity contribution is 0.159. The fourth-order valence-corrected chi connectivity index (χ4v) is 3.16. The minimum absolute atomic E-state index is 0.470. The summed E-state index contributed by atoms with van der Waals surface area (Å²) in [6, 6.07) is 7.39. The van der Waals surface area contributed by atoms with Crippen LogP contribution in [0.15, 0.2) is 18.2 Å². The summed E-state index contributed by atoms with van der Waals surface area (Å²) in [4.78, 5) is 6.97. The van der Waals surface area contributed by atoms with Gasteiger partial charge in [-0.15, -0.1) is 0 Å². The van der Waals surface area contributed by atoms with Gasteiger partial charge in [-0.05, 0) is 45.4 Å². The van der Waals surface area contributed by atoms with Gasteiger partial charge >= 0.3 is 0 Å². The van der Waals surface area contributed by atoms with Gasteiger partial charge in [0.05, 0.1) is 11.0 Å². The van der Waals surface area contributed by atoms with E-state index in [0.717, 1.165) is 24.9 Å². The van der Waals surface area contributed by atoms with Crippen molar-refractivity contribution in [1.29, 1.82) is 0 Å². The summed E-state index contributed by atoms with van der Waals surface area (Å²) in [6.45, 7) is 5.50. The van der Waals surface area contributed by atoms with Gasteiger partial charge in [0.25, 0.3) is 0 Å². The van der Waals surface area contributed by atoms with Gasteiger partial charge in [0.15, 0.2) is 0 Å². The van der Waals surface area contributed by atoms with Crippen molar-refractivity contribution < 1.29 is 0 Å². The first-order valence-electron chi connectivity index (χ1n) is 7.01. The summed E-state index contributed by atoms with van der Waals surface area (Å²) in [6.07, 6.45) is 2.28. The Balaban J connectivity index is 2.05. The standard InChI is InChI=1S/C15H22N4/c1-10-5-4-6-13-14(10)17-15(16)19(13)12-7-8-18(3)11(2)9-12/h4-6,11-12H,7-9H2,1-3H3,(H2,16,17). The van der Waals surface area contributed by atoms with Crippen molar-refractivity contribution in [3.8, 4) is 0 Å². The van der Waals surface area contributed by atoms with Gasteiger partial charge in [-0.2, -0.15) is 0 Å². The van der Waals surface area contributed by atoms with Crippen LogP contribution in [-0.4, -0.2) is 34.1 Å². The van der Waals surface area contributed by atoms with Gasteiger partial charge in [-0.3, -0.25) is 0 Å². The van der Waals surface area contributed by atoms with E-state index >= 15 is 0 Å². The lowest BCUT2D eigenvalue weighted by Gasteiger charge is -2.36. The van der Waals surface area contributed by atoms with E-state index in [1.807, 2.05) is 0 Å². The molecule has 2 heterocycles. The van der Waals surface area contributed by atoms with Gasteiger partial charge in [-0.1, -0.05) is 12.1 Å². The number of imidazole rings is 1. The lowest BCUT2D eigenvalue weighted by Crippen LogP contribution is -2.38. The summed E-state index contributed by atoms with van der Waals surface area (Å²) >= 11 is 0. The van der Waals surface area contributed by atoms with Gasteiger partial charge in [-0.25, -0.2) is 4.98 Å². The third-order valence-corrected chi connectivity index (χ3v) is 4.49. The average molecular weight is 258 g/mol. The Labute approximate surface area is 114 Å². The Morgan fingerprint density at radius 3 is 2.89 bits per heavy atom. The zero-order valence-electron chi connectivity index (χ0n) is 11.9. The van der Waals surface area contributed by atoms with Crippen LogP contribution >= 0.6 is 0 Å². The van der Waals surface area contributed by atoms with Gasteiger partial charge in [0.2, 0.25) is 5.95 Å². The first kappa shape index (κ1) is 12.5. The predicted molar refractivity (Wildman–Crippen MR) is 79.2 cm³/mol. The molecule has 1 saturated heterocycles. The molecule has 102 valence electrons. The monoisotopic (exact) mass is 258 g/mol. The number of hydrogen-bond donors (Lipinski definition) is 1. The van der Waals surface area contributed by atoms with E-state index in [1.165, 1.54) is 11.1 Å². The maximum Gasteiger partial charge on any atom is 0.201 e. The van der Waals surface area contributed by atoms with E-state index in [4.69, 9.17) is 5.73 Å². The van der Waals surface area contributed by atoms with Crippen LogP contribution in [0.2, 0.25) is 0 Å². The fraction of sp³-hybridized carbons (Fsp3) is 0.533. The lowest BCUT2D eigenvalue weighted by atomic mass is 9.98. The van der Waals surface area contributed by atoms with Gasteiger partial charge in [0.1, 0.15) is 0 Å². The fourth-order valence-electron chi connectivity index (χ4n) is 3.16. The Hall–Kier alpha value is -1.55. The number of piperidine rings is 1. The molecule has 2 atom stereocenters. The second-order valence-electron chi connectivity index (χ2n) is 5.79. The van der Waals surface area contributed by atoms with Crippen molar-refractivity contribution in [3.05, 3.63) is 23.8 Å². The molecule has 4 nitrogen and oxygen atoms in total. The number of aromatic nitrogens is 2. The Bertz CT molecular complexity index is 601. The number of nitrogens with zero attached hydrogens (tertiary/aromatic N) is 3. The largest absolute Gasteiger partial charge is 0.369 e. The molecule has 3 rings (SSSR count). The Morgan fingerprint density at radius 2 is 2.16 bits per heavy atom. The molecular weight excluding hydrogens is 236 g/mol. The van der Waals surface area contributed by atoms with Gasteiger partial charge in [0, 0.05) is 18.6 Å². The Kier molecular flexibility index (Phi) is 2.97. The van der Waals surface area contributed by atoms with Crippen molar-refractivity contribution >= 4 is 17.0 Å². The summed E-state index contributed by atoms with van der Waals surface area (Å²) in [5, 5.41) is 0. The van der Waals surface area contributed by atoms with Crippen molar-refractivity contribution in [2.45, 2.75) is 38.8 Å². The number of hydrogen-bond acceptors (Lipinski definition) is 3. The predicted octanol–water partition coefficient (Wildman–Crippen LogP) is 2.58. The van der Waals surface area contributed by atoms with E-state index in [9.17, 15) is 0 Å². The van der Waals surface area contributed by atoms with Crippen LogP contribution in [0.1, 0.15) is 31.4 Å². The number of para-hydroxylation sites is 1. The van der Waals surface area contributed by atoms with Crippen LogP contribution in [0, 0.1) is 6.92 Å². The molecule has 19 heavy (non-hydrogen) atoms. The summed E-state index contributed by atoms with van der Waals surface area (Å²) < 4.78 is 2.24. The number of rotatable bonds is 1. The second kappa shape index (κ2) is 4.53. The molecule has 0 amide bonds. The SMILES string of the molecule is Cc1cccc2c1nc(N)n2C1CCN(C)C(C)C1. The molecule has 0 bridgehead atoms. The number of anilines is 1. The van der Waals surface area contributed by atoms with Crippen molar-refractivity contribution in [2.24, 2.45) is 0 Å². The number of benzene rings is 1. The number of fused-ring (bicyclic) bond motifs is 1. The topological polar surface area (TPSA) is 47.1 Å². The summed E-state index contributed by atoms with van der Waals surface area (Å²) in [5.74, 6) is 0.658. The molecule has 1 fully saturated rings. The molecule has 0 spiro atoms. The quantitative estimate of drug-likeness (QED) is 0.855. The molecular formula is C15H22N4. The molecule has 1 aliphatic rings. The van der Waals surface area contributed by atoms with Crippen LogP contribution in [0.4, 0.5) is 5.95 Å². The van der Waals surface area contributed by atoms with E-state index in [0.29, 0.717) is 18.0 Å². The van der Waals surface area contributed by atoms with Crippen LogP contribution in [0.25, 0.3) is 11.0 Å². The molecule has 2 aromatic rings. The number of aryl methyl sites for hydroxylation is 1. The summed E-state index contributed by atoms with van der Waals surface area (Å²) in [7, 11) is 2.19. The molecule has 2 unspecified atom stereocenters. The van der Waals surface area contributed by atoms with Crippen LogP contribution in [0.5, 0.6) is 0 Å². The molecule has 4 heteroatoms. The molecule has 0 aliphatic carbocycles. The minimum Gasteiger partial charge on any atom is -0.369 e. The number of nitrogens with two attached hydrogens (primary N) is 1. The van der Waals surface area contributed by atoms with Crippen LogP contribution in [-0.2, 0) is 0 Å². The number of nitrogen functional groups attached to an aromatic ring is 1.